The Bertz CT molecular complexity index is 2250. The minimum Gasteiger partial charge on any atom is -0.387 e. The molecule has 62 heavy (non-hydrogen) atoms. The molecule has 0 unspecified atom stereocenters. The normalized spacial score (nSPS) is 14.4. The van der Waals surface area contributed by atoms with Crippen LogP contribution in [0.4, 0.5) is 5.00 Å². The van der Waals surface area contributed by atoms with Crippen molar-refractivity contribution in [3.05, 3.63) is 68.8 Å². The molecule has 0 spiro atoms. The maximum absolute atomic E-state index is 12.8. The Morgan fingerprint density at radius 2 is 1.66 bits per heavy atom. The van der Waals surface area contributed by atoms with Gasteiger partial charge in [-0.2, -0.15) is 5.10 Å². The van der Waals surface area contributed by atoms with Gasteiger partial charge in [0.2, 0.25) is 29.5 Å². The Labute approximate surface area is 376 Å². The number of nitrogens with one attached hydrogen (secondary N) is 3. The number of aliphatic hydroxyl groups is 1. The molecule has 0 radical (unpaired) electrons. The number of piperazine rings is 1. The summed E-state index contributed by atoms with van der Waals surface area (Å²) in [6, 6.07) is 7.62. The molecule has 18 heteroatoms. The summed E-state index contributed by atoms with van der Waals surface area (Å²) in [7, 11) is 3.86. The van der Waals surface area contributed by atoms with Crippen molar-refractivity contribution in [3.63, 3.8) is 0 Å². The maximum atomic E-state index is 12.8. The van der Waals surface area contributed by atoms with Gasteiger partial charge in [-0.25, -0.2) is 0 Å². The first-order valence-corrected chi connectivity index (χ1v) is 23.0. The van der Waals surface area contributed by atoms with Gasteiger partial charge >= 0.3 is 0 Å². The highest BCUT2D eigenvalue weighted by Crippen LogP contribution is 2.42. The summed E-state index contributed by atoms with van der Waals surface area (Å²) in [6.45, 7) is 3.44. The fourth-order valence-corrected chi connectivity index (χ4v) is 9.23. The molecule has 0 bridgehead atoms. The maximum Gasteiger partial charge on any atom is 0.248 e. The molecule has 3 aromatic heterocycles. The third-order valence-electron chi connectivity index (χ3n) is 11.1. The largest absolute Gasteiger partial charge is 0.387 e. The van der Waals surface area contributed by atoms with Gasteiger partial charge in [-0.15, -0.1) is 11.3 Å². The number of amides is 5. The predicted molar refractivity (Wildman–Crippen MR) is 243 cm³/mol. The Hall–Kier alpha value is -4.74. The van der Waals surface area contributed by atoms with Crippen LogP contribution in [-0.2, 0) is 49.9 Å². The van der Waals surface area contributed by atoms with Crippen LogP contribution < -0.4 is 15.5 Å². The lowest BCUT2D eigenvalue weighted by Crippen LogP contribution is -2.51. The number of aliphatic hydroxyl groups excluding tert-OH is 1. The van der Waals surface area contributed by atoms with Crippen molar-refractivity contribution in [1.29, 1.82) is 0 Å². The number of carbonyl (C=O) groups is 5. The van der Waals surface area contributed by atoms with Gasteiger partial charge in [0, 0.05) is 104 Å². The van der Waals surface area contributed by atoms with E-state index in [4.69, 9.17) is 28.3 Å². The average Bonchev–Trinajstić information content (AvgIpc) is 4.02. The van der Waals surface area contributed by atoms with Crippen LogP contribution in [0.25, 0.3) is 22.2 Å². The number of fused-ring (bicyclic) bond motifs is 3. The van der Waals surface area contributed by atoms with Crippen LogP contribution in [0.2, 0.25) is 10.0 Å². The van der Waals surface area contributed by atoms with Crippen LogP contribution in [0.5, 0.6) is 0 Å². The van der Waals surface area contributed by atoms with E-state index in [1.54, 1.807) is 42.9 Å². The molecular formula is C44H57Cl2N9O6S. The van der Waals surface area contributed by atoms with Crippen LogP contribution in [0.1, 0.15) is 67.5 Å². The number of halogens is 2. The van der Waals surface area contributed by atoms with Gasteiger partial charge in [0.05, 0.1) is 32.8 Å². The van der Waals surface area contributed by atoms with E-state index in [0.717, 1.165) is 70.6 Å². The molecule has 4 aromatic rings. The number of anilines is 1. The Morgan fingerprint density at radius 3 is 2.37 bits per heavy atom. The van der Waals surface area contributed by atoms with E-state index in [1.165, 1.54) is 6.08 Å². The van der Waals surface area contributed by atoms with E-state index in [1.807, 2.05) is 43.4 Å². The van der Waals surface area contributed by atoms with Gasteiger partial charge in [-0.05, 0) is 57.6 Å². The molecule has 4 N–H and O–H groups in total. The van der Waals surface area contributed by atoms with E-state index in [0.29, 0.717) is 99.3 Å². The minimum atomic E-state index is -0.542. The molecule has 6 rings (SSSR count). The Kier molecular flexibility index (Phi) is 17.0. The molecule has 1 fully saturated rings. The van der Waals surface area contributed by atoms with E-state index in [-0.39, 0.29) is 36.1 Å². The molecule has 0 atom stereocenters. The zero-order valence-electron chi connectivity index (χ0n) is 35.5. The predicted octanol–water partition coefficient (Wildman–Crippen LogP) is 5.17. The molecule has 1 saturated heterocycles. The second-order valence-corrected chi connectivity index (χ2v) is 18.0. The van der Waals surface area contributed by atoms with Gasteiger partial charge in [0.25, 0.3) is 0 Å². The van der Waals surface area contributed by atoms with Crippen molar-refractivity contribution in [2.45, 2.75) is 77.3 Å². The quantitative estimate of drug-likeness (QED) is 0.0655. The molecule has 0 saturated carbocycles. The SMILES string of the molecule is CN(C)C/C=C/C(=O)N1CCN(c2ccc(CCNC(=O)CCCCCCCCC(=O)NCCn3ccc(-c4cc(Cl)c(Cl)c5[nH]c6c(c45)CN(C(=O)CO)CC6)n3)s2)C(=O)C1. The highest BCUT2D eigenvalue weighted by molar-refractivity contribution is 7.16. The molecule has 2 aliphatic rings. The van der Waals surface area contributed by atoms with Crippen molar-refractivity contribution < 1.29 is 29.1 Å². The fourth-order valence-electron chi connectivity index (χ4n) is 7.78. The smallest absolute Gasteiger partial charge is 0.248 e. The van der Waals surface area contributed by atoms with Crippen LogP contribution in [0.15, 0.2) is 42.6 Å². The molecule has 5 heterocycles. The van der Waals surface area contributed by atoms with Crippen LogP contribution in [0.3, 0.4) is 0 Å². The molecule has 334 valence electrons. The van der Waals surface area contributed by atoms with Crippen LogP contribution in [0, 0.1) is 0 Å². The standard InChI is InChI=1S/C44H57Cl2N9O6S/c1-51(2)20-9-12-38(59)53-24-25-55(39(60)28-53)41-14-13-30(62-41)15-18-47-36(57)10-7-5-3-4-6-8-11-37(58)48-19-23-54-22-17-35(50-54)31-26-33(45)43(46)44-42(31)32-27-52(40(61)29-56)21-16-34(32)49-44/h9,12-14,17,22,26,49,56H,3-8,10-11,15-16,18-21,23-25,27-29H2,1-2H3,(H,47,57)(H,48,58)/b12-9+. The van der Waals surface area contributed by atoms with Crippen molar-refractivity contribution >= 4 is 80.0 Å². The highest BCUT2D eigenvalue weighted by Gasteiger charge is 2.29. The number of unbranched alkanes of at least 4 members (excludes halogenated alkanes) is 5. The summed E-state index contributed by atoms with van der Waals surface area (Å²) >= 11 is 14.7. The molecule has 2 aliphatic heterocycles. The Balaban J connectivity index is 0.809. The number of carbonyl (C=O) groups excluding carboxylic acids is 5. The van der Waals surface area contributed by atoms with Crippen molar-refractivity contribution in [1.82, 2.24) is 40.1 Å². The lowest BCUT2D eigenvalue weighted by atomic mass is 9.99. The molecule has 5 amide bonds. The number of rotatable bonds is 21. The van der Waals surface area contributed by atoms with Crippen molar-refractivity contribution in [2.24, 2.45) is 0 Å². The lowest BCUT2D eigenvalue weighted by molar-refractivity contribution is -0.135. The Morgan fingerprint density at radius 1 is 0.935 bits per heavy atom. The lowest BCUT2D eigenvalue weighted by Gasteiger charge is -2.33. The second-order valence-electron chi connectivity index (χ2n) is 16.0. The third-order valence-corrected chi connectivity index (χ3v) is 13.1. The number of nitrogens with zero attached hydrogens (tertiary/aromatic N) is 6. The number of H-pyrrole nitrogens is 1. The fraction of sp³-hybridized carbons (Fsp3) is 0.500. The number of hydrogen-bond donors (Lipinski definition) is 4. The van der Waals surface area contributed by atoms with Gasteiger partial charge in [0.1, 0.15) is 13.2 Å². The number of benzene rings is 1. The summed E-state index contributed by atoms with van der Waals surface area (Å²) in [6.07, 6.45) is 13.0. The van der Waals surface area contributed by atoms with Crippen molar-refractivity contribution in [3.8, 4) is 11.3 Å². The highest BCUT2D eigenvalue weighted by atomic mass is 35.5. The summed E-state index contributed by atoms with van der Waals surface area (Å²) in [5, 5.41) is 22.7. The first kappa shape index (κ1) is 46.8. The first-order valence-electron chi connectivity index (χ1n) is 21.4. The number of aromatic nitrogens is 3. The first-order chi connectivity index (χ1) is 29.9. The van der Waals surface area contributed by atoms with Gasteiger partial charge in [0.15, 0.2) is 0 Å². The van der Waals surface area contributed by atoms with Gasteiger partial charge in [-0.3, -0.25) is 28.7 Å². The molecule has 1 aromatic carbocycles. The number of thiophene rings is 1. The molecular weight excluding hydrogens is 854 g/mol. The van der Waals surface area contributed by atoms with Crippen LogP contribution in [-0.4, -0.2) is 131 Å². The van der Waals surface area contributed by atoms with Gasteiger partial charge in [-0.1, -0.05) is 55.0 Å². The number of aromatic amines is 1. The summed E-state index contributed by atoms with van der Waals surface area (Å²) in [4.78, 5) is 73.9. The topological polar surface area (TPSA) is 176 Å². The number of likely N-dealkylation sites (N-methyl/N-ethyl adjacent to an activating group) is 1. The van der Waals surface area contributed by atoms with Gasteiger partial charge < -0.3 is 40.3 Å². The zero-order valence-corrected chi connectivity index (χ0v) is 37.8. The second kappa shape index (κ2) is 22.6. The average molecular weight is 911 g/mol. The number of hydrogen-bond acceptors (Lipinski definition) is 9. The zero-order chi connectivity index (χ0) is 44.2. The monoisotopic (exact) mass is 909 g/mol. The van der Waals surface area contributed by atoms with E-state index >= 15 is 0 Å². The summed E-state index contributed by atoms with van der Waals surface area (Å²) in [5.41, 5.74) is 4.10. The van der Waals surface area contributed by atoms with E-state index in [9.17, 15) is 29.1 Å². The molecule has 15 nitrogen and oxygen atoms in total. The summed E-state index contributed by atoms with van der Waals surface area (Å²) < 4.78 is 1.78. The van der Waals surface area contributed by atoms with Crippen molar-refractivity contribution in [2.75, 3.05) is 71.4 Å². The molecule has 0 aliphatic carbocycles. The third kappa shape index (κ3) is 12.5. The van der Waals surface area contributed by atoms with E-state index in [2.05, 4.69) is 15.6 Å². The van der Waals surface area contributed by atoms with Crippen LogP contribution >= 0.6 is 34.5 Å². The summed E-state index contributed by atoms with van der Waals surface area (Å²) in [5.74, 6) is -0.523. The van der Waals surface area contributed by atoms with E-state index < -0.39 is 6.61 Å². The minimum absolute atomic E-state index is 0.00363.